The first-order chi connectivity index (χ1) is 9.26. The zero-order valence-corrected chi connectivity index (χ0v) is 13.2. The zero-order valence-electron chi connectivity index (χ0n) is 10.8. The number of nitrogens with one attached hydrogen (secondary N) is 1. The van der Waals surface area contributed by atoms with E-state index in [9.17, 15) is 0 Å². The Balaban J connectivity index is 1.76. The molecule has 0 spiro atoms. The van der Waals surface area contributed by atoms with E-state index in [4.69, 9.17) is 0 Å². The highest BCUT2D eigenvalue weighted by Gasteiger charge is 2.21. The van der Waals surface area contributed by atoms with Crippen LogP contribution in [-0.2, 0) is 0 Å². The summed E-state index contributed by atoms with van der Waals surface area (Å²) in [5.41, 5.74) is 0.898. The Bertz CT molecular complexity index is 563. The van der Waals surface area contributed by atoms with Gasteiger partial charge in [-0.1, -0.05) is 0 Å². The third-order valence-electron chi connectivity index (χ3n) is 3.69. The highest BCUT2D eigenvalue weighted by Crippen LogP contribution is 2.29. The molecule has 0 bridgehead atoms. The van der Waals surface area contributed by atoms with Gasteiger partial charge < -0.3 is 9.72 Å². The normalized spacial score (nSPS) is 23.7. The van der Waals surface area contributed by atoms with Crippen LogP contribution in [0.2, 0.25) is 0 Å². The Morgan fingerprint density at radius 3 is 2.89 bits per heavy atom. The van der Waals surface area contributed by atoms with Gasteiger partial charge in [-0.3, -0.25) is 0 Å². The van der Waals surface area contributed by atoms with Gasteiger partial charge in [0.25, 0.3) is 0 Å². The van der Waals surface area contributed by atoms with E-state index in [2.05, 4.69) is 37.5 Å². The number of thioether (sulfide) groups is 1. The Morgan fingerprint density at radius 1 is 1.37 bits per heavy atom. The molecule has 2 aromatic rings. The van der Waals surface area contributed by atoms with Gasteiger partial charge in [0, 0.05) is 29.9 Å². The number of hydrogen-bond donors (Lipinski definition) is 1. The highest BCUT2D eigenvalue weighted by atomic mass is 79.9. The third-order valence-corrected chi connectivity index (χ3v) is 5.21. The summed E-state index contributed by atoms with van der Waals surface area (Å²) in [6.45, 7) is 0. The summed E-state index contributed by atoms with van der Waals surface area (Å²) in [6, 6.07) is 0.519. The van der Waals surface area contributed by atoms with Crippen LogP contribution in [0.4, 0.5) is 5.82 Å². The minimum absolute atomic E-state index is 0.519. The number of anilines is 1. The Kier molecular flexibility index (Phi) is 3.98. The van der Waals surface area contributed by atoms with E-state index in [1.807, 2.05) is 28.6 Å². The Labute approximate surface area is 125 Å². The summed E-state index contributed by atoms with van der Waals surface area (Å²) in [7, 11) is 0. The van der Waals surface area contributed by atoms with Crippen LogP contribution in [0.15, 0.2) is 23.2 Å². The topological polar surface area (TPSA) is 42.2 Å². The van der Waals surface area contributed by atoms with Crippen molar-refractivity contribution < 1.29 is 0 Å². The van der Waals surface area contributed by atoms with Gasteiger partial charge in [0.2, 0.25) is 0 Å². The van der Waals surface area contributed by atoms with Gasteiger partial charge in [0.15, 0.2) is 11.5 Å². The van der Waals surface area contributed by atoms with E-state index in [1.54, 1.807) is 6.20 Å². The lowest BCUT2D eigenvalue weighted by Gasteiger charge is -2.28. The lowest BCUT2D eigenvalue weighted by atomic mass is 9.95. The van der Waals surface area contributed by atoms with E-state index in [0.29, 0.717) is 6.04 Å². The van der Waals surface area contributed by atoms with Gasteiger partial charge >= 0.3 is 0 Å². The smallest absolute Gasteiger partial charge is 0.180 e. The number of fused-ring (bicyclic) bond motifs is 1. The minimum Gasteiger partial charge on any atom is -0.364 e. The molecule has 0 saturated heterocycles. The molecule has 102 valence electrons. The molecule has 1 saturated carbocycles. The predicted octanol–water partition coefficient (Wildman–Crippen LogP) is 3.58. The van der Waals surface area contributed by atoms with Crippen LogP contribution in [0.3, 0.4) is 0 Å². The lowest BCUT2D eigenvalue weighted by Crippen LogP contribution is -2.27. The largest absolute Gasteiger partial charge is 0.364 e. The van der Waals surface area contributed by atoms with Crippen molar-refractivity contribution in [3.05, 3.63) is 23.2 Å². The van der Waals surface area contributed by atoms with Crippen molar-refractivity contribution in [1.29, 1.82) is 0 Å². The number of imidazole rings is 1. The van der Waals surface area contributed by atoms with Gasteiger partial charge in [-0.25, -0.2) is 9.97 Å². The molecule has 0 aliphatic heterocycles. The molecule has 3 rings (SSSR count). The molecule has 1 N–H and O–H groups in total. The van der Waals surface area contributed by atoms with Crippen LogP contribution in [-0.4, -0.2) is 31.9 Å². The summed E-state index contributed by atoms with van der Waals surface area (Å²) in [4.78, 5) is 8.89. The number of hydrogen-bond acceptors (Lipinski definition) is 4. The first kappa shape index (κ1) is 13.2. The zero-order chi connectivity index (χ0) is 13.2. The van der Waals surface area contributed by atoms with Crippen molar-refractivity contribution in [2.75, 3.05) is 11.6 Å². The summed E-state index contributed by atoms with van der Waals surface area (Å²) in [5.74, 6) is 0.881. The first-order valence-corrected chi connectivity index (χ1v) is 8.63. The summed E-state index contributed by atoms with van der Waals surface area (Å²) in [5, 5.41) is 4.40. The van der Waals surface area contributed by atoms with Crippen molar-refractivity contribution in [1.82, 2.24) is 14.4 Å². The van der Waals surface area contributed by atoms with Gasteiger partial charge in [0.1, 0.15) is 4.60 Å². The quantitative estimate of drug-likeness (QED) is 0.927. The Hall–Kier alpha value is -0.750. The highest BCUT2D eigenvalue weighted by molar-refractivity contribution is 9.10. The summed E-state index contributed by atoms with van der Waals surface area (Å²) < 4.78 is 2.82. The Morgan fingerprint density at radius 2 is 2.16 bits per heavy atom. The molecule has 1 fully saturated rings. The van der Waals surface area contributed by atoms with E-state index in [-0.39, 0.29) is 0 Å². The SMILES string of the molecule is CSC1CCC(Nc2nc(Br)cn3ccnc23)CC1. The number of halogens is 1. The van der Waals surface area contributed by atoms with E-state index >= 15 is 0 Å². The van der Waals surface area contributed by atoms with Crippen molar-refractivity contribution in [3.8, 4) is 0 Å². The number of nitrogens with zero attached hydrogens (tertiary/aromatic N) is 3. The lowest BCUT2D eigenvalue weighted by molar-refractivity contribution is 0.472. The molecule has 2 heterocycles. The van der Waals surface area contributed by atoms with Crippen LogP contribution in [0.5, 0.6) is 0 Å². The third kappa shape index (κ3) is 2.89. The maximum absolute atomic E-state index is 4.52. The fourth-order valence-corrected chi connectivity index (χ4v) is 3.78. The fraction of sp³-hybridized carbons (Fsp3) is 0.538. The van der Waals surface area contributed by atoms with Gasteiger partial charge in [0.05, 0.1) is 0 Å². The monoisotopic (exact) mass is 340 g/mol. The van der Waals surface area contributed by atoms with Gasteiger partial charge in [-0.05, 0) is 47.9 Å². The molecule has 0 radical (unpaired) electrons. The molecule has 0 amide bonds. The van der Waals surface area contributed by atoms with Crippen molar-refractivity contribution >= 4 is 39.2 Å². The number of aromatic nitrogens is 3. The van der Waals surface area contributed by atoms with E-state index in [1.165, 1.54) is 25.7 Å². The maximum atomic E-state index is 4.52. The molecule has 19 heavy (non-hydrogen) atoms. The molecule has 1 aliphatic rings. The van der Waals surface area contributed by atoms with Crippen LogP contribution in [0, 0.1) is 0 Å². The van der Waals surface area contributed by atoms with Crippen LogP contribution < -0.4 is 5.32 Å². The molecule has 6 heteroatoms. The second kappa shape index (κ2) is 5.71. The van der Waals surface area contributed by atoms with Gasteiger partial charge in [-0.2, -0.15) is 11.8 Å². The molecular weight excluding hydrogens is 324 g/mol. The molecule has 2 aromatic heterocycles. The van der Waals surface area contributed by atoms with Crippen molar-refractivity contribution in [3.63, 3.8) is 0 Å². The second-order valence-electron chi connectivity index (χ2n) is 4.92. The average Bonchev–Trinajstić information content (AvgIpc) is 2.88. The standard InChI is InChI=1S/C13H17BrN4S/c1-19-10-4-2-9(3-5-10)16-12-13-15-6-7-18(13)8-11(14)17-12/h6-10H,2-5H2,1H3,(H,16,17). The number of rotatable bonds is 3. The summed E-state index contributed by atoms with van der Waals surface area (Å²) >= 11 is 5.44. The van der Waals surface area contributed by atoms with E-state index < -0.39 is 0 Å². The van der Waals surface area contributed by atoms with Crippen molar-refractivity contribution in [2.24, 2.45) is 0 Å². The predicted molar refractivity (Wildman–Crippen MR) is 83.9 cm³/mol. The first-order valence-electron chi connectivity index (χ1n) is 6.55. The molecule has 0 unspecified atom stereocenters. The second-order valence-corrected chi connectivity index (χ2v) is 6.87. The molecule has 1 aliphatic carbocycles. The van der Waals surface area contributed by atoms with Crippen molar-refractivity contribution in [2.45, 2.75) is 37.0 Å². The van der Waals surface area contributed by atoms with Crippen LogP contribution in [0.25, 0.3) is 5.65 Å². The minimum atomic E-state index is 0.519. The maximum Gasteiger partial charge on any atom is 0.180 e. The van der Waals surface area contributed by atoms with Crippen LogP contribution >= 0.6 is 27.7 Å². The van der Waals surface area contributed by atoms with Gasteiger partial charge in [-0.15, -0.1) is 0 Å². The van der Waals surface area contributed by atoms with Crippen LogP contribution in [0.1, 0.15) is 25.7 Å². The fourth-order valence-electron chi connectivity index (χ4n) is 2.63. The average molecular weight is 341 g/mol. The molecular formula is C13H17BrN4S. The van der Waals surface area contributed by atoms with E-state index in [0.717, 1.165) is 21.3 Å². The molecule has 4 nitrogen and oxygen atoms in total. The molecule has 0 atom stereocenters. The molecule has 0 aromatic carbocycles. The summed E-state index contributed by atoms with van der Waals surface area (Å²) in [6.07, 6.45) is 12.9.